The minimum atomic E-state index is -0.0380. The quantitative estimate of drug-likeness (QED) is 0.522. The van der Waals surface area contributed by atoms with Crippen LogP contribution in [0.3, 0.4) is 0 Å². The normalized spacial score (nSPS) is 10.0. The van der Waals surface area contributed by atoms with Crippen molar-refractivity contribution < 1.29 is 37.4 Å². The van der Waals surface area contributed by atoms with Crippen LogP contribution in [-0.2, 0) is 39.3 Å². The summed E-state index contributed by atoms with van der Waals surface area (Å²) in [6.45, 7) is 2.55. The summed E-state index contributed by atoms with van der Waals surface area (Å²) in [6, 6.07) is 12.5. The Morgan fingerprint density at radius 2 is 2.00 bits per heavy atom. The third-order valence-electron chi connectivity index (χ3n) is 2.84. The largest absolute Gasteiger partial charge is 0.483 e. The first kappa shape index (κ1) is 19.0. The Morgan fingerprint density at radius 3 is 2.57 bits per heavy atom. The minimum Gasteiger partial charge on any atom is -0.483 e. The molecule has 1 aromatic heterocycles. The molecule has 1 aromatic carbocycles. The second-order valence-electron chi connectivity index (χ2n) is 4.11. The summed E-state index contributed by atoms with van der Waals surface area (Å²) >= 11 is 4.87. The zero-order valence-electron chi connectivity index (χ0n) is 11.9. The van der Waals surface area contributed by atoms with E-state index in [0.29, 0.717) is 17.0 Å². The standard InChI is InChI=1S/C15H15BrNO2S.Y/c1-3-17-14(9-8-13(16)15(17)18)11-4-6-12(7-5-11)19-10-20-2;/h4-8H,3,10H2,1-2H3;/q-1;. The van der Waals surface area contributed by atoms with E-state index in [9.17, 15) is 4.79 Å². The summed E-state index contributed by atoms with van der Waals surface area (Å²) < 4.78 is 7.75. The molecule has 2 rings (SSSR count). The van der Waals surface area contributed by atoms with E-state index < -0.39 is 0 Å². The Hall–Kier alpha value is -0.0961. The third kappa shape index (κ3) is 4.68. The van der Waals surface area contributed by atoms with E-state index in [1.807, 2.05) is 37.4 Å². The van der Waals surface area contributed by atoms with Crippen molar-refractivity contribution in [2.24, 2.45) is 0 Å². The zero-order valence-corrected chi connectivity index (χ0v) is 17.2. The maximum Gasteiger partial charge on any atom is 0.208 e. The molecule has 0 spiro atoms. The van der Waals surface area contributed by atoms with Crippen LogP contribution in [0.2, 0.25) is 0 Å². The van der Waals surface area contributed by atoms with Crippen molar-refractivity contribution in [1.29, 1.82) is 0 Å². The van der Waals surface area contributed by atoms with Crippen LogP contribution >= 0.6 is 27.7 Å². The number of hydrogen-bond acceptors (Lipinski definition) is 3. The molecule has 6 heteroatoms. The monoisotopic (exact) mass is 441 g/mol. The van der Waals surface area contributed by atoms with Crippen molar-refractivity contribution >= 4 is 27.7 Å². The van der Waals surface area contributed by atoms with Gasteiger partial charge < -0.3 is 9.30 Å². The van der Waals surface area contributed by atoms with Crippen LogP contribution in [0.15, 0.2) is 39.6 Å². The summed E-state index contributed by atoms with van der Waals surface area (Å²) in [5, 5.41) is 0. The molecule has 0 aliphatic heterocycles. The predicted molar refractivity (Wildman–Crippen MR) is 87.4 cm³/mol. The number of halogens is 1. The van der Waals surface area contributed by atoms with Gasteiger partial charge >= 0.3 is 0 Å². The van der Waals surface area contributed by atoms with Crippen LogP contribution in [0.25, 0.3) is 11.3 Å². The number of aromatic nitrogens is 1. The molecule has 0 bridgehead atoms. The molecular weight excluding hydrogens is 427 g/mol. The van der Waals surface area contributed by atoms with Crippen molar-refractivity contribution in [2.45, 2.75) is 13.5 Å². The predicted octanol–water partition coefficient (Wildman–Crippen LogP) is 3.79. The number of pyridine rings is 1. The van der Waals surface area contributed by atoms with Crippen LogP contribution in [0.4, 0.5) is 0 Å². The van der Waals surface area contributed by atoms with Crippen molar-refractivity contribution in [3.8, 4) is 17.0 Å². The maximum absolute atomic E-state index is 12.1. The van der Waals surface area contributed by atoms with Gasteiger partial charge in [-0.15, -0.1) is 39.8 Å². The van der Waals surface area contributed by atoms with E-state index in [1.54, 1.807) is 22.4 Å². The first-order valence-electron chi connectivity index (χ1n) is 6.20. The first-order chi connectivity index (χ1) is 9.67. The van der Waals surface area contributed by atoms with E-state index in [4.69, 9.17) is 4.74 Å². The molecule has 1 heterocycles. The summed E-state index contributed by atoms with van der Waals surface area (Å²) in [5.41, 5.74) is 1.70. The molecule has 0 unspecified atom stereocenters. The van der Waals surface area contributed by atoms with Gasteiger partial charge in [-0.3, -0.25) is 4.79 Å². The average molecular weight is 442 g/mol. The molecule has 0 saturated heterocycles. The summed E-state index contributed by atoms with van der Waals surface area (Å²) in [4.78, 5) is 12.1. The molecule has 0 fully saturated rings. The van der Waals surface area contributed by atoms with Crippen molar-refractivity contribution in [3.63, 3.8) is 0 Å². The van der Waals surface area contributed by atoms with Crippen LogP contribution < -0.4 is 10.3 Å². The van der Waals surface area contributed by atoms with Crippen molar-refractivity contribution in [3.05, 3.63) is 51.2 Å². The summed E-state index contributed by atoms with van der Waals surface area (Å²) in [5.74, 6) is 1.45. The van der Waals surface area contributed by atoms with Crippen LogP contribution in [-0.4, -0.2) is 16.8 Å². The van der Waals surface area contributed by atoms with E-state index in [1.165, 1.54) is 0 Å². The molecule has 0 saturated carbocycles. The van der Waals surface area contributed by atoms with Crippen LogP contribution in [0.5, 0.6) is 5.75 Å². The smallest absolute Gasteiger partial charge is 0.208 e. The van der Waals surface area contributed by atoms with E-state index in [-0.39, 0.29) is 38.3 Å². The average Bonchev–Trinajstić information content (AvgIpc) is 2.48. The Morgan fingerprint density at radius 1 is 1.33 bits per heavy atom. The van der Waals surface area contributed by atoms with Gasteiger partial charge in [0.1, 0.15) is 11.7 Å². The number of hydrogen-bond donors (Lipinski definition) is 0. The molecule has 0 N–H and O–H groups in total. The molecular formula is C15H15BrNO2SY-. The Labute approximate surface area is 162 Å². The van der Waals surface area contributed by atoms with E-state index >= 15 is 0 Å². The molecule has 0 aliphatic carbocycles. The Balaban J connectivity index is 0.00000220. The number of ether oxygens (including phenoxy) is 1. The zero-order chi connectivity index (χ0) is 14.5. The van der Waals surface area contributed by atoms with Gasteiger partial charge in [-0.25, -0.2) is 0 Å². The van der Waals surface area contributed by atoms with Gasteiger partial charge in [0.05, 0.1) is 0 Å². The Bertz CT molecular complexity index is 643. The fraction of sp³-hybridized carbons (Fsp3) is 0.267. The molecule has 0 atom stereocenters. The van der Waals surface area contributed by atoms with Crippen LogP contribution in [0, 0.1) is 6.07 Å². The molecule has 109 valence electrons. The van der Waals surface area contributed by atoms with Gasteiger partial charge in [0.15, 0.2) is 0 Å². The Kier molecular flexibility index (Phi) is 8.24. The van der Waals surface area contributed by atoms with Gasteiger partial charge in [0, 0.05) is 39.3 Å². The second kappa shape index (κ2) is 9.14. The third-order valence-corrected chi connectivity index (χ3v) is 3.76. The molecule has 3 nitrogen and oxygen atoms in total. The first-order valence-corrected chi connectivity index (χ1v) is 8.39. The maximum atomic E-state index is 12.1. The van der Waals surface area contributed by atoms with Gasteiger partial charge in [0.2, 0.25) is 5.56 Å². The van der Waals surface area contributed by atoms with E-state index in [0.717, 1.165) is 17.0 Å². The van der Waals surface area contributed by atoms with Gasteiger partial charge in [-0.05, 0) is 29.8 Å². The fourth-order valence-corrected chi connectivity index (χ4v) is 2.46. The summed E-state index contributed by atoms with van der Waals surface area (Å²) in [6.07, 6.45) is 1.99. The topological polar surface area (TPSA) is 31.2 Å². The summed E-state index contributed by atoms with van der Waals surface area (Å²) in [7, 11) is 0. The van der Waals surface area contributed by atoms with Gasteiger partial charge in [-0.2, -0.15) is 12.1 Å². The second-order valence-corrected chi connectivity index (χ2v) is 5.78. The number of rotatable bonds is 5. The SMILES string of the molecule is CCn1c(-c2ccc(OCSC)cc2)[c-]cc(Br)c1=O.[Y]. The van der Waals surface area contributed by atoms with E-state index in [2.05, 4.69) is 22.0 Å². The fourth-order valence-electron chi connectivity index (χ4n) is 1.88. The number of benzene rings is 1. The number of thioether (sulfide) groups is 1. The van der Waals surface area contributed by atoms with Crippen LogP contribution in [0.1, 0.15) is 6.92 Å². The molecule has 0 amide bonds. The molecule has 21 heavy (non-hydrogen) atoms. The molecule has 2 aromatic rings. The molecule has 0 aliphatic rings. The van der Waals surface area contributed by atoms with Crippen molar-refractivity contribution in [2.75, 3.05) is 12.2 Å². The number of nitrogens with zero attached hydrogens (tertiary/aromatic N) is 1. The van der Waals surface area contributed by atoms with Gasteiger partial charge in [0.25, 0.3) is 0 Å². The molecule has 1 radical (unpaired) electrons. The minimum absolute atomic E-state index is 0. The van der Waals surface area contributed by atoms with Crippen molar-refractivity contribution in [1.82, 2.24) is 4.57 Å². The van der Waals surface area contributed by atoms with Gasteiger partial charge in [-0.1, -0.05) is 11.3 Å².